The molecule has 1 aliphatic rings. The summed E-state index contributed by atoms with van der Waals surface area (Å²) < 4.78 is 5.86. The van der Waals surface area contributed by atoms with Crippen molar-refractivity contribution in [2.24, 2.45) is 0 Å². The topological polar surface area (TPSA) is 79.5 Å². The van der Waals surface area contributed by atoms with Crippen LogP contribution < -0.4 is 20.9 Å². The van der Waals surface area contributed by atoms with E-state index in [0.717, 1.165) is 42.1 Å². The van der Waals surface area contributed by atoms with Gasteiger partial charge in [-0.1, -0.05) is 19.1 Å². The minimum atomic E-state index is 0.132. The van der Waals surface area contributed by atoms with Crippen molar-refractivity contribution in [3.8, 4) is 11.1 Å². The highest BCUT2D eigenvalue weighted by atomic mass is 16.5. The van der Waals surface area contributed by atoms with E-state index in [1.54, 1.807) is 0 Å². The first-order chi connectivity index (χ1) is 14.2. The van der Waals surface area contributed by atoms with E-state index < -0.39 is 0 Å². The van der Waals surface area contributed by atoms with Crippen molar-refractivity contribution in [3.05, 3.63) is 23.8 Å². The molecule has 0 spiro atoms. The van der Waals surface area contributed by atoms with E-state index in [1.807, 2.05) is 19.0 Å². The summed E-state index contributed by atoms with van der Waals surface area (Å²) in [5.74, 6) is 1.98. The standard InChI is InChI=1S/C23H36N6O/c1-8-15(3)25-19-11-18(10-9-14(19)2)20-21(24)26-23(27-22(20)28(6)7)29-12-16(4)30-17(5)13-29/h9-11,15-17,25H,8,12-13H2,1-7H3,(H2,24,26,27)/t15?,16-,17+. The molecule has 1 aromatic heterocycles. The van der Waals surface area contributed by atoms with Gasteiger partial charge in [0, 0.05) is 38.9 Å². The molecule has 0 amide bonds. The van der Waals surface area contributed by atoms with Gasteiger partial charge in [-0.2, -0.15) is 9.97 Å². The molecule has 3 rings (SSSR count). The maximum atomic E-state index is 6.53. The number of hydrogen-bond donors (Lipinski definition) is 2. The van der Waals surface area contributed by atoms with Crippen LogP contribution in [0, 0.1) is 6.92 Å². The number of aryl methyl sites for hydroxylation is 1. The average molecular weight is 413 g/mol. The Balaban J connectivity index is 2.04. The molecular formula is C23H36N6O. The number of aromatic nitrogens is 2. The van der Waals surface area contributed by atoms with Gasteiger partial charge in [0.15, 0.2) is 0 Å². The Labute approximate surface area is 180 Å². The van der Waals surface area contributed by atoms with Crippen LogP contribution in [0.5, 0.6) is 0 Å². The predicted molar refractivity (Wildman–Crippen MR) is 127 cm³/mol. The van der Waals surface area contributed by atoms with Crippen molar-refractivity contribution in [1.82, 2.24) is 9.97 Å². The van der Waals surface area contributed by atoms with E-state index in [-0.39, 0.29) is 12.2 Å². The Morgan fingerprint density at radius 1 is 1.23 bits per heavy atom. The maximum Gasteiger partial charge on any atom is 0.229 e. The summed E-state index contributed by atoms with van der Waals surface area (Å²) in [6.07, 6.45) is 1.32. The smallest absolute Gasteiger partial charge is 0.229 e. The van der Waals surface area contributed by atoms with E-state index in [9.17, 15) is 0 Å². The van der Waals surface area contributed by atoms with Crippen LogP contribution in [0.1, 0.15) is 39.7 Å². The number of nitrogens with zero attached hydrogens (tertiary/aromatic N) is 4. The molecule has 1 saturated heterocycles. The molecule has 30 heavy (non-hydrogen) atoms. The fourth-order valence-electron chi connectivity index (χ4n) is 3.84. The lowest BCUT2D eigenvalue weighted by molar-refractivity contribution is -0.00570. The molecule has 0 radical (unpaired) electrons. The molecule has 1 fully saturated rings. The number of morpholine rings is 1. The number of benzene rings is 1. The molecule has 2 heterocycles. The van der Waals surface area contributed by atoms with Crippen LogP contribution >= 0.6 is 0 Å². The van der Waals surface area contributed by atoms with Crippen molar-refractivity contribution in [1.29, 1.82) is 0 Å². The van der Waals surface area contributed by atoms with Crippen molar-refractivity contribution in [3.63, 3.8) is 0 Å². The number of anilines is 4. The second-order valence-electron chi connectivity index (χ2n) is 8.65. The first-order valence-corrected chi connectivity index (χ1v) is 10.8. The third-order valence-electron chi connectivity index (χ3n) is 5.57. The highest BCUT2D eigenvalue weighted by molar-refractivity contribution is 5.86. The van der Waals surface area contributed by atoms with Gasteiger partial charge in [-0.05, 0) is 51.3 Å². The molecule has 164 valence electrons. The highest BCUT2D eigenvalue weighted by Gasteiger charge is 2.26. The Bertz CT molecular complexity index is 874. The summed E-state index contributed by atoms with van der Waals surface area (Å²) in [4.78, 5) is 13.8. The van der Waals surface area contributed by atoms with Crippen molar-refractivity contribution in [2.75, 3.05) is 48.0 Å². The normalized spacial score (nSPS) is 20.2. The Kier molecular flexibility index (Phi) is 6.71. The number of nitrogens with two attached hydrogens (primary N) is 1. The van der Waals surface area contributed by atoms with E-state index in [1.165, 1.54) is 5.56 Å². The van der Waals surface area contributed by atoms with Gasteiger partial charge >= 0.3 is 0 Å². The summed E-state index contributed by atoms with van der Waals surface area (Å²) in [6.45, 7) is 12.1. The Hall–Kier alpha value is -2.54. The van der Waals surface area contributed by atoms with Crippen LogP contribution in [0.3, 0.4) is 0 Å². The summed E-state index contributed by atoms with van der Waals surface area (Å²) in [5, 5.41) is 3.59. The summed E-state index contributed by atoms with van der Waals surface area (Å²) in [5.41, 5.74) is 10.7. The molecular weight excluding hydrogens is 376 g/mol. The zero-order valence-corrected chi connectivity index (χ0v) is 19.4. The third-order valence-corrected chi connectivity index (χ3v) is 5.57. The monoisotopic (exact) mass is 412 g/mol. The molecule has 1 aromatic carbocycles. The lowest BCUT2D eigenvalue weighted by Crippen LogP contribution is -2.46. The SMILES string of the molecule is CCC(C)Nc1cc(-c2c(N)nc(N3C[C@@H](C)O[C@@H](C)C3)nc2N(C)C)ccc1C. The van der Waals surface area contributed by atoms with Crippen LogP contribution in [0.2, 0.25) is 0 Å². The quantitative estimate of drug-likeness (QED) is 0.744. The van der Waals surface area contributed by atoms with Gasteiger partial charge in [0.2, 0.25) is 5.95 Å². The van der Waals surface area contributed by atoms with E-state index in [0.29, 0.717) is 17.8 Å². The molecule has 7 nitrogen and oxygen atoms in total. The van der Waals surface area contributed by atoms with Gasteiger partial charge in [-0.15, -0.1) is 0 Å². The molecule has 0 saturated carbocycles. The number of nitrogen functional groups attached to an aromatic ring is 1. The molecule has 0 aliphatic carbocycles. The first kappa shape index (κ1) is 22.2. The fraction of sp³-hybridized carbons (Fsp3) is 0.565. The minimum Gasteiger partial charge on any atom is -0.383 e. The zero-order valence-electron chi connectivity index (χ0n) is 19.4. The summed E-state index contributed by atoms with van der Waals surface area (Å²) in [7, 11) is 3.98. The largest absolute Gasteiger partial charge is 0.383 e. The van der Waals surface area contributed by atoms with E-state index >= 15 is 0 Å². The fourth-order valence-corrected chi connectivity index (χ4v) is 3.84. The summed E-state index contributed by atoms with van der Waals surface area (Å²) in [6, 6.07) is 6.77. The minimum absolute atomic E-state index is 0.132. The number of ether oxygens (including phenoxy) is 1. The summed E-state index contributed by atoms with van der Waals surface area (Å²) >= 11 is 0. The molecule has 0 bridgehead atoms. The van der Waals surface area contributed by atoms with Crippen molar-refractivity contribution in [2.45, 2.75) is 59.3 Å². The van der Waals surface area contributed by atoms with Gasteiger partial charge < -0.3 is 25.6 Å². The molecule has 7 heteroatoms. The number of nitrogens with one attached hydrogen (secondary N) is 1. The molecule has 3 N–H and O–H groups in total. The zero-order chi connectivity index (χ0) is 22.0. The van der Waals surface area contributed by atoms with Gasteiger partial charge in [-0.25, -0.2) is 0 Å². The van der Waals surface area contributed by atoms with E-state index in [4.69, 9.17) is 20.4 Å². The molecule has 1 aliphatic heterocycles. The average Bonchev–Trinajstić information content (AvgIpc) is 2.68. The first-order valence-electron chi connectivity index (χ1n) is 10.8. The van der Waals surface area contributed by atoms with Crippen LogP contribution in [-0.4, -0.2) is 55.4 Å². The Morgan fingerprint density at radius 3 is 2.50 bits per heavy atom. The Morgan fingerprint density at radius 2 is 1.90 bits per heavy atom. The van der Waals surface area contributed by atoms with Crippen LogP contribution in [0.15, 0.2) is 18.2 Å². The second kappa shape index (κ2) is 9.08. The highest BCUT2D eigenvalue weighted by Crippen LogP contribution is 2.37. The lowest BCUT2D eigenvalue weighted by atomic mass is 10.0. The number of rotatable bonds is 6. The molecule has 1 unspecified atom stereocenters. The van der Waals surface area contributed by atoms with Crippen LogP contribution in [0.4, 0.5) is 23.3 Å². The maximum absolute atomic E-state index is 6.53. The third kappa shape index (κ3) is 4.78. The van der Waals surface area contributed by atoms with Gasteiger partial charge in [0.05, 0.1) is 17.8 Å². The van der Waals surface area contributed by atoms with Crippen LogP contribution in [0.25, 0.3) is 11.1 Å². The molecule has 2 aromatic rings. The van der Waals surface area contributed by atoms with Crippen molar-refractivity contribution < 1.29 is 4.74 Å². The van der Waals surface area contributed by atoms with E-state index in [2.05, 4.69) is 63.0 Å². The molecule has 3 atom stereocenters. The van der Waals surface area contributed by atoms with Gasteiger partial charge in [-0.3, -0.25) is 0 Å². The second-order valence-corrected chi connectivity index (χ2v) is 8.65. The lowest BCUT2D eigenvalue weighted by Gasteiger charge is -2.35. The predicted octanol–water partition coefficient (Wildman–Crippen LogP) is 3.92. The van der Waals surface area contributed by atoms with Crippen molar-refractivity contribution >= 4 is 23.3 Å². The van der Waals surface area contributed by atoms with Gasteiger partial charge in [0.25, 0.3) is 0 Å². The van der Waals surface area contributed by atoms with Crippen LogP contribution in [-0.2, 0) is 4.74 Å². The van der Waals surface area contributed by atoms with Gasteiger partial charge in [0.1, 0.15) is 11.6 Å². The number of hydrogen-bond acceptors (Lipinski definition) is 7.